The molecule has 0 amide bonds. The summed E-state index contributed by atoms with van der Waals surface area (Å²) in [6.45, 7) is 7.03. The van der Waals surface area contributed by atoms with Crippen molar-refractivity contribution in [3.05, 3.63) is 12.2 Å². The van der Waals surface area contributed by atoms with Gasteiger partial charge in [-0.15, -0.1) is 0 Å². The Hall–Kier alpha value is -0.260. The molecule has 0 radical (unpaired) electrons. The lowest BCUT2D eigenvalue weighted by Gasteiger charge is -2.26. The van der Waals surface area contributed by atoms with E-state index in [1.54, 1.807) is 0 Å². The van der Waals surface area contributed by atoms with E-state index in [0.717, 1.165) is 17.8 Å². The summed E-state index contributed by atoms with van der Waals surface area (Å²) in [6.07, 6.45) is 8.72. The molecule has 0 aromatic carbocycles. The molecule has 0 spiro atoms. The molecule has 0 bridgehead atoms. The van der Waals surface area contributed by atoms with E-state index in [2.05, 4.69) is 32.9 Å². The van der Waals surface area contributed by atoms with Crippen LogP contribution >= 0.6 is 0 Å². The summed E-state index contributed by atoms with van der Waals surface area (Å²) < 4.78 is 0. The second kappa shape index (κ2) is 3.94. The molecule has 11 heavy (non-hydrogen) atoms. The minimum absolute atomic E-state index is 0.869. The first kappa shape index (κ1) is 8.83. The molecule has 0 heterocycles. The van der Waals surface area contributed by atoms with Crippen LogP contribution in [0.2, 0.25) is 0 Å². The molecule has 64 valence electrons. The molecule has 0 heteroatoms. The van der Waals surface area contributed by atoms with Crippen LogP contribution in [0.1, 0.15) is 40.0 Å². The monoisotopic (exact) mass is 152 g/mol. The molecule has 0 aromatic rings. The Morgan fingerprint density at radius 2 is 1.91 bits per heavy atom. The van der Waals surface area contributed by atoms with Crippen molar-refractivity contribution in [1.29, 1.82) is 0 Å². The van der Waals surface area contributed by atoms with Gasteiger partial charge in [0.15, 0.2) is 0 Å². The highest BCUT2D eigenvalue weighted by atomic mass is 14.2. The van der Waals surface area contributed by atoms with Gasteiger partial charge in [-0.05, 0) is 37.0 Å². The lowest BCUT2D eigenvalue weighted by molar-refractivity contribution is 0.292. The van der Waals surface area contributed by atoms with Crippen molar-refractivity contribution in [1.82, 2.24) is 0 Å². The Kier molecular flexibility index (Phi) is 3.16. The van der Waals surface area contributed by atoms with Gasteiger partial charge in [-0.25, -0.2) is 0 Å². The summed E-state index contributed by atoms with van der Waals surface area (Å²) >= 11 is 0. The first-order chi connectivity index (χ1) is 5.20. The molecule has 1 rings (SSSR count). The van der Waals surface area contributed by atoms with Crippen LogP contribution in [-0.2, 0) is 0 Å². The summed E-state index contributed by atoms with van der Waals surface area (Å²) in [4.78, 5) is 0. The van der Waals surface area contributed by atoms with Crippen LogP contribution in [0.5, 0.6) is 0 Å². The van der Waals surface area contributed by atoms with Gasteiger partial charge in [0, 0.05) is 0 Å². The van der Waals surface area contributed by atoms with E-state index in [0.29, 0.717) is 0 Å². The Morgan fingerprint density at radius 3 is 2.45 bits per heavy atom. The van der Waals surface area contributed by atoms with Gasteiger partial charge in [0.1, 0.15) is 0 Å². The summed E-state index contributed by atoms with van der Waals surface area (Å²) in [5.41, 5.74) is 0. The maximum Gasteiger partial charge on any atom is -0.0319 e. The maximum atomic E-state index is 2.39. The van der Waals surface area contributed by atoms with E-state index in [1.165, 1.54) is 19.3 Å². The molecule has 0 aliphatic heterocycles. The lowest BCUT2D eigenvalue weighted by Crippen LogP contribution is -2.15. The maximum absolute atomic E-state index is 2.39. The standard InChI is InChI=1S/C11H20/c1-9(2)8-11-7-5-4-6-10(11)3/h4-5,9-11H,6-8H2,1-3H3. The molecular formula is C11H20. The zero-order chi connectivity index (χ0) is 8.27. The average Bonchev–Trinajstić information content (AvgIpc) is 1.93. The van der Waals surface area contributed by atoms with Crippen LogP contribution in [-0.4, -0.2) is 0 Å². The van der Waals surface area contributed by atoms with E-state index in [4.69, 9.17) is 0 Å². The van der Waals surface area contributed by atoms with Crippen LogP contribution < -0.4 is 0 Å². The molecule has 0 saturated carbocycles. The Morgan fingerprint density at radius 1 is 1.27 bits per heavy atom. The van der Waals surface area contributed by atoms with Crippen molar-refractivity contribution in [3.63, 3.8) is 0 Å². The highest BCUT2D eigenvalue weighted by molar-refractivity contribution is 4.93. The van der Waals surface area contributed by atoms with Gasteiger partial charge in [-0.3, -0.25) is 0 Å². The van der Waals surface area contributed by atoms with Crippen molar-refractivity contribution in [2.45, 2.75) is 40.0 Å². The highest BCUT2D eigenvalue weighted by Gasteiger charge is 2.18. The molecule has 1 aliphatic rings. The first-order valence-electron chi connectivity index (χ1n) is 4.85. The molecule has 0 fully saturated rings. The second-order valence-electron chi connectivity index (χ2n) is 4.31. The van der Waals surface area contributed by atoms with Crippen LogP contribution in [0.4, 0.5) is 0 Å². The van der Waals surface area contributed by atoms with Crippen LogP contribution in [0, 0.1) is 17.8 Å². The van der Waals surface area contributed by atoms with E-state index >= 15 is 0 Å². The van der Waals surface area contributed by atoms with Crippen LogP contribution in [0.25, 0.3) is 0 Å². The smallest absolute Gasteiger partial charge is 0.0319 e. The fourth-order valence-corrected chi connectivity index (χ4v) is 1.94. The zero-order valence-electron chi connectivity index (χ0n) is 8.01. The fraction of sp³-hybridized carbons (Fsp3) is 0.818. The molecule has 1 aliphatic carbocycles. The summed E-state index contributed by atoms with van der Waals surface area (Å²) in [7, 11) is 0. The molecule has 0 saturated heterocycles. The van der Waals surface area contributed by atoms with Crippen molar-refractivity contribution < 1.29 is 0 Å². The minimum atomic E-state index is 0.869. The van der Waals surface area contributed by atoms with E-state index in [9.17, 15) is 0 Å². The van der Waals surface area contributed by atoms with Crippen molar-refractivity contribution in [2.75, 3.05) is 0 Å². The number of hydrogen-bond donors (Lipinski definition) is 0. The third-order valence-electron chi connectivity index (χ3n) is 2.69. The first-order valence-corrected chi connectivity index (χ1v) is 4.85. The van der Waals surface area contributed by atoms with Gasteiger partial charge in [0.25, 0.3) is 0 Å². The van der Waals surface area contributed by atoms with Gasteiger partial charge >= 0.3 is 0 Å². The lowest BCUT2D eigenvalue weighted by atomic mass is 9.79. The molecule has 0 N–H and O–H groups in total. The summed E-state index contributed by atoms with van der Waals surface area (Å²) in [5.74, 6) is 2.75. The third kappa shape index (κ3) is 2.69. The predicted octanol–water partition coefficient (Wildman–Crippen LogP) is 3.63. The predicted molar refractivity (Wildman–Crippen MR) is 50.5 cm³/mol. The second-order valence-corrected chi connectivity index (χ2v) is 4.31. The van der Waals surface area contributed by atoms with Crippen molar-refractivity contribution >= 4 is 0 Å². The van der Waals surface area contributed by atoms with E-state index in [1.807, 2.05) is 0 Å². The number of hydrogen-bond acceptors (Lipinski definition) is 0. The molecule has 0 aromatic heterocycles. The van der Waals surface area contributed by atoms with Gasteiger partial charge in [0.2, 0.25) is 0 Å². The van der Waals surface area contributed by atoms with Crippen LogP contribution in [0.3, 0.4) is 0 Å². The molecule has 2 unspecified atom stereocenters. The van der Waals surface area contributed by atoms with Crippen molar-refractivity contribution in [2.24, 2.45) is 17.8 Å². The number of allylic oxidation sites excluding steroid dienone is 2. The topological polar surface area (TPSA) is 0 Å². The Bertz CT molecular complexity index is 133. The number of rotatable bonds is 2. The van der Waals surface area contributed by atoms with E-state index < -0.39 is 0 Å². The highest BCUT2D eigenvalue weighted by Crippen LogP contribution is 2.29. The van der Waals surface area contributed by atoms with Gasteiger partial charge < -0.3 is 0 Å². The van der Waals surface area contributed by atoms with Gasteiger partial charge in [-0.2, -0.15) is 0 Å². The average molecular weight is 152 g/mol. The third-order valence-corrected chi connectivity index (χ3v) is 2.69. The molecule has 0 nitrogen and oxygen atoms in total. The SMILES string of the molecule is CC(C)CC1CC=CCC1C. The fourth-order valence-electron chi connectivity index (χ4n) is 1.94. The summed E-state index contributed by atoms with van der Waals surface area (Å²) in [5, 5.41) is 0. The normalized spacial score (nSPS) is 31.3. The molecule has 2 atom stereocenters. The molecular weight excluding hydrogens is 132 g/mol. The zero-order valence-corrected chi connectivity index (χ0v) is 8.01. The van der Waals surface area contributed by atoms with Crippen molar-refractivity contribution in [3.8, 4) is 0 Å². The van der Waals surface area contributed by atoms with E-state index in [-0.39, 0.29) is 0 Å². The Labute approximate surface area is 70.7 Å². The summed E-state index contributed by atoms with van der Waals surface area (Å²) in [6, 6.07) is 0. The van der Waals surface area contributed by atoms with Gasteiger partial charge in [-0.1, -0.05) is 32.9 Å². The Balaban J connectivity index is 2.38. The largest absolute Gasteiger partial charge is 0.0883 e. The van der Waals surface area contributed by atoms with Crippen LogP contribution in [0.15, 0.2) is 12.2 Å². The van der Waals surface area contributed by atoms with Gasteiger partial charge in [0.05, 0.1) is 0 Å². The minimum Gasteiger partial charge on any atom is -0.0883 e. The quantitative estimate of drug-likeness (QED) is 0.530.